The molecular weight excluding hydrogens is 390 g/mol. The first-order valence-electron chi connectivity index (χ1n) is 12.1. The molecule has 4 rings (SSSR count). The van der Waals surface area contributed by atoms with Crippen LogP contribution in [0.15, 0.2) is 24.3 Å². The summed E-state index contributed by atoms with van der Waals surface area (Å²) < 4.78 is 5.27. The van der Waals surface area contributed by atoms with E-state index in [9.17, 15) is 9.59 Å². The molecule has 0 bridgehead atoms. The highest BCUT2D eigenvalue weighted by molar-refractivity contribution is 5.94. The first kappa shape index (κ1) is 22.1. The van der Waals surface area contributed by atoms with Crippen molar-refractivity contribution in [2.45, 2.75) is 64.0 Å². The van der Waals surface area contributed by atoms with Crippen molar-refractivity contribution in [3.63, 3.8) is 0 Å². The van der Waals surface area contributed by atoms with E-state index in [2.05, 4.69) is 16.7 Å². The van der Waals surface area contributed by atoms with Crippen molar-refractivity contribution in [3.8, 4) is 5.75 Å². The third-order valence-electron chi connectivity index (χ3n) is 7.50. The van der Waals surface area contributed by atoms with Crippen LogP contribution in [0.25, 0.3) is 0 Å². The predicted octanol–water partition coefficient (Wildman–Crippen LogP) is 3.41. The number of likely N-dealkylation sites (tertiary alicyclic amines) is 1. The lowest BCUT2D eigenvalue weighted by atomic mass is 9.92. The summed E-state index contributed by atoms with van der Waals surface area (Å²) in [5, 5.41) is 0. The van der Waals surface area contributed by atoms with Gasteiger partial charge in [0.15, 0.2) is 0 Å². The molecule has 6 heteroatoms. The number of benzene rings is 1. The molecule has 2 atom stereocenters. The lowest BCUT2D eigenvalue weighted by molar-refractivity contribution is -0.143. The molecule has 0 N–H and O–H groups in total. The number of amides is 2. The smallest absolute Gasteiger partial charge is 0.254 e. The van der Waals surface area contributed by atoms with E-state index in [4.69, 9.17) is 4.74 Å². The minimum absolute atomic E-state index is 0.0166. The summed E-state index contributed by atoms with van der Waals surface area (Å²) in [6.45, 7) is 5.98. The van der Waals surface area contributed by atoms with Crippen LogP contribution in [-0.4, -0.2) is 78.4 Å². The zero-order valence-electron chi connectivity index (χ0n) is 19.1. The van der Waals surface area contributed by atoms with Gasteiger partial charge in [-0.25, -0.2) is 0 Å². The van der Waals surface area contributed by atoms with Gasteiger partial charge in [0.2, 0.25) is 5.91 Å². The van der Waals surface area contributed by atoms with Gasteiger partial charge < -0.3 is 14.5 Å². The van der Waals surface area contributed by atoms with Gasteiger partial charge in [-0.1, -0.05) is 18.9 Å². The van der Waals surface area contributed by atoms with Gasteiger partial charge in [0, 0.05) is 44.3 Å². The van der Waals surface area contributed by atoms with E-state index in [1.54, 1.807) is 13.2 Å². The fourth-order valence-corrected chi connectivity index (χ4v) is 5.67. The van der Waals surface area contributed by atoms with Crippen LogP contribution in [0, 0.1) is 5.92 Å². The van der Waals surface area contributed by atoms with Crippen molar-refractivity contribution >= 4 is 11.8 Å². The molecule has 1 aromatic carbocycles. The van der Waals surface area contributed by atoms with E-state index in [1.807, 2.05) is 23.1 Å². The van der Waals surface area contributed by atoms with Gasteiger partial charge in [-0.3, -0.25) is 14.5 Å². The molecule has 1 saturated carbocycles. The van der Waals surface area contributed by atoms with E-state index < -0.39 is 0 Å². The van der Waals surface area contributed by atoms with Crippen LogP contribution >= 0.6 is 0 Å². The SMILES string of the molecule is COc1cccc(C(=O)N2CCN([C@@H](C(=O)N3CCCC[C@H]3C)C3CCCC3)CC2)c1. The van der Waals surface area contributed by atoms with Crippen molar-refractivity contribution in [2.24, 2.45) is 5.92 Å². The minimum atomic E-state index is -0.0166. The van der Waals surface area contributed by atoms with Gasteiger partial charge in [0.25, 0.3) is 5.91 Å². The molecule has 6 nitrogen and oxygen atoms in total. The van der Waals surface area contributed by atoms with Gasteiger partial charge in [0.05, 0.1) is 13.2 Å². The summed E-state index contributed by atoms with van der Waals surface area (Å²) in [5.41, 5.74) is 0.665. The summed E-state index contributed by atoms with van der Waals surface area (Å²) in [6.07, 6.45) is 8.24. The molecule has 0 aromatic heterocycles. The topological polar surface area (TPSA) is 53.1 Å². The third-order valence-corrected chi connectivity index (χ3v) is 7.50. The number of rotatable bonds is 5. The molecule has 2 heterocycles. The highest BCUT2D eigenvalue weighted by atomic mass is 16.5. The lowest BCUT2D eigenvalue weighted by Crippen LogP contribution is -2.60. The molecule has 1 aliphatic carbocycles. The van der Waals surface area contributed by atoms with Gasteiger partial charge in [-0.2, -0.15) is 0 Å². The number of hydrogen-bond acceptors (Lipinski definition) is 4. The molecule has 31 heavy (non-hydrogen) atoms. The molecule has 0 radical (unpaired) electrons. The van der Waals surface area contributed by atoms with Crippen LogP contribution in [0.2, 0.25) is 0 Å². The normalized spacial score (nSPS) is 24.3. The van der Waals surface area contributed by atoms with E-state index >= 15 is 0 Å². The monoisotopic (exact) mass is 427 g/mol. The summed E-state index contributed by atoms with van der Waals surface area (Å²) >= 11 is 0. The zero-order chi connectivity index (χ0) is 21.8. The van der Waals surface area contributed by atoms with Crippen LogP contribution in [0.5, 0.6) is 5.75 Å². The van der Waals surface area contributed by atoms with E-state index in [0.29, 0.717) is 42.3 Å². The van der Waals surface area contributed by atoms with Gasteiger partial charge in [0.1, 0.15) is 5.75 Å². The van der Waals surface area contributed by atoms with Crippen molar-refractivity contribution in [1.29, 1.82) is 0 Å². The summed E-state index contributed by atoms with van der Waals surface area (Å²) in [7, 11) is 1.62. The number of ether oxygens (including phenoxy) is 1. The number of piperazine rings is 1. The number of carbonyl (C=O) groups excluding carboxylic acids is 2. The second kappa shape index (κ2) is 10.0. The lowest BCUT2D eigenvalue weighted by Gasteiger charge is -2.44. The number of methoxy groups -OCH3 is 1. The Morgan fingerprint density at radius 2 is 1.68 bits per heavy atom. The second-order valence-electron chi connectivity index (χ2n) is 9.43. The van der Waals surface area contributed by atoms with Crippen LogP contribution in [-0.2, 0) is 4.79 Å². The Hall–Kier alpha value is -2.08. The van der Waals surface area contributed by atoms with Crippen LogP contribution in [0.1, 0.15) is 62.2 Å². The molecule has 2 amide bonds. The average molecular weight is 428 g/mol. The quantitative estimate of drug-likeness (QED) is 0.723. The Morgan fingerprint density at radius 1 is 0.968 bits per heavy atom. The molecule has 0 spiro atoms. The number of nitrogens with zero attached hydrogens (tertiary/aromatic N) is 3. The van der Waals surface area contributed by atoms with Crippen LogP contribution in [0.3, 0.4) is 0 Å². The molecule has 3 aliphatic rings. The molecule has 170 valence electrons. The van der Waals surface area contributed by atoms with Gasteiger partial charge in [-0.15, -0.1) is 0 Å². The molecule has 1 aromatic rings. The average Bonchev–Trinajstić information content (AvgIpc) is 3.34. The number of piperidine rings is 1. The summed E-state index contributed by atoms with van der Waals surface area (Å²) in [6, 6.07) is 7.69. The Balaban J connectivity index is 1.43. The summed E-state index contributed by atoms with van der Waals surface area (Å²) in [4.78, 5) is 33.2. The highest BCUT2D eigenvalue weighted by Gasteiger charge is 2.40. The standard InChI is InChI=1S/C25H37N3O3/c1-19-8-5-6-13-28(19)25(30)23(20-9-3-4-10-20)26-14-16-27(17-15-26)24(29)21-11-7-12-22(18-21)31-2/h7,11-12,18-20,23H,3-6,8-10,13-17H2,1-2H3/t19-,23-/m1/s1. The Kier molecular flexibility index (Phi) is 7.16. The molecule has 0 unspecified atom stereocenters. The number of hydrogen-bond donors (Lipinski definition) is 0. The fourth-order valence-electron chi connectivity index (χ4n) is 5.67. The third kappa shape index (κ3) is 4.89. The van der Waals surface area contributed by atoms with Crippen molar-refractivity contribution in [2.75, 3.05) is 39.8 Å². The van der Waals surface area contributed by atoms with Crippen LogP contribution in [0.4, 0.5) is 0 Å². The van der Waals surface area contributed by atoms with Crippen molar-refractivity contribution in [3.05, 3.63) is 29.8 Å². The first-order chi connectivity index (χ1) is 15.1. The maximum Gasteiger partial charge on any atom is 0.254 e. The van der Waals surface area contributed by atoms with Gasteiger partial charge in [-0.05, 0) is 63.1 Å². The largest absolute Gasteiger partial charge is 0.497 e. The van der Waals surface area contributed by atoms with Crippen LogP contribution < -0.4 is 4.74 Å². The molecular formula is C25H37N3O3. The molecule has 3 fully saturated rings. The second-order valence-corrected chi connectivity index (χ2v) is 9.43. The Labute approximate surface area is 186 Å². The number of carbonyl (C=O) groups is 2. The summed E-state index contributed by atoms with van der Waals surface area (Å²) in [5.74, 6) is 1.55. The maximum atomic E-state index is 13.7. The first-order valence-corrected chi connectivity index (χ1v) is 12.1. The molecule has 2 aliphatic heterocycles. The highest BCUT2D eigenvalue weighted by Crippen LogP contribution is 2.33. The Morgan fingerprint density at radius 3 is 2.35 bits per heavy atom. The van der Waals surface area contributed by atoms with E-state index in [1.165, 1.54) is 19.3 Å². The Bertz CT molecular complexity index is 769. The minimum Gasteiger partial charge on any atom is -0.497 e. The van der Waals surface area contributed by atoms with E-state index in [-0.39, 0.29) is 11.9 Å². The maximum absolute atomic E-state index is 13.7. The predicted molar refractivity (Wildman–Crippen MR) is 121 cm³/mol. The van der Waals surface area contributed by atoms with Gasteiger partial charge >= 0.3 is 0 Å². The zero-order valence-corrected chi connectivity index (χ0v) is 19.1. The van der Waals surface area contributed by atoms with Crippen molar-refractivity contribution < 1.29 is 14.3 Å². The van der Waals surface area contributed by atoms with Crippen molar-refractivity contribution in [1.82, 2.24) is 14.7 Å². The fraction of sp³-hybridized carbons (Fsp3) is 0.680. The van der Waals surface area contributed by atoms with E-state index in [0.717, 1.165) is 45.3 Å². The molecule has 2 saturated heterocycles.